The Bertz CT molecular complexity index is 557. The first-order chi connectivity index (χ1) is 9.04. The lowest BCUT2D eigenvalue weighted by Crippen LogP contribution is -2.26. The molecule has 0 radical (unpaired) electrons. The van der Waals surface area contributed by atoms with Gasteiger partial charge in [0.1, 0.15) is 5.82 Å². The van der Waals surface area contributed by atoms with Gasteiger partial charge in [-0.15, -0.1) is 0 Å². The van der Waals surface area contributed by atoms with E-state index in [0.29, 0.717) is 23.4 Å². The number of benzene rings is 2. The maximum atomic E-state index is 13.7. The van der Waals surface area contributed by atoms with E-state index in [1.165, 1.54) is 6.07 Å². The van der Waals surface area contributed by atoms with Crippen LogP contribution in [-0.2, 0) is 12.8 Å². The third kappa shape index (κ3) is 4.30. The smallest absolute Gasteiger partial charge is 0.127 e. The van der Waals surface area contributed by atoms with Gasteiger partial charge in [-0.1, -0.05) is 45.7 Å². The molecule has 0 aliphatic heterocycles. The third-order valence-electron chi connectivity index (χ3n) is 2.91. The lowest BCUT2D eigenvalue weighted by molar-refractivity contribution is 0.583. The van der Waals surface area contributed by atoms with E-state index in [1.807, 2.05) is 30.3 Å². The van der Waals surface area contributed by atoms with E-state index >= 15 is 0 Å². The summed E-state index contributed by atoms with van der Waals surface area (Å²) in [7, 11) is 0. The van der Waals surface area contributed by atoms with Gasteiger partial charge in [-0.05, 0) is 48.2 Å². The van der Waals surface area contributed by atoms with E-state index in [-0.39, 0.29) is 11.9 Å². The van der Waals surface area contributed by atoms with Gasteiger partial charge in [0.15, 0.2) is 0 Å². The average molecular weight is 343 g/mol. The van der Waals surface area contributed by atoms with Crippen LogP contribution in [0.4, 0.5) is 4.39 Å². The average Bonchev–Trinajstić information content (AvgIpc) is 2.36. The summed E-state index contributed by atoms with van der Waals surface area (Å²) in [5.41, 5.74) is 7.82. The van der Waals surface area contributed by atoms with E-state index in [4.69, 9.17) is 17.3 Å². The Morgan fingerprint density at radius 1 is 1.11 bits per heavy atom. The van der Waals surface area contributed by atoms with Crippen molar-refractivity contribution in [3.8, 4) is 0 Å². The summed E-state index contributed by atoms with van der Waals surface area (Å²) >= 11 is 9.07. The first kappa shape index (κ1) is 14.5. The second-order valence-corrected chi connectivity index (χ2v) is 5.88. The van der Waals surface area contributed by atoms with Crippen LogP contribution >= 0.6 is 27.5 Å². The first-order valence-electron chi connectivity index (χ1n) is 5.98. The maximum Gasteiger partial charge on any atom is 0.127 e. The molecule has 0 saturated heterocycles. The molecule has 2 aromatic carbocycles. The molecule has 100 valence electrons. The highest BCUT2D eigenvalue weighted by molar-refractivity contribution is 9.10. The van der Waals surface area contributed by atoms with Gasteiger partial charge in [0.05, 0.1) is 0 Å². The van der Waals surface area contributed by atoms with Crippen LogP contribution in [0.1, 0.15) is 11.1 Å². The number of hydrogen-bond acceptors (Lipinski definition) is 1. The van der Waals surface area contributed by atoms with Crippen molar-refractivity contribution in [3.63, 3.8) is 0 Å². The molecule has 2 rings (SSSR count). The number of nitrogens with two attached hydrogens (primary N) is 1. The Morgan fingerprint density at radius 2 is 1.79 bits per heavy atom. The summed E-state index contributed by atoms with van der Waals surface area (Å²) in [4.78, 5) is 0. The third-order valence-corrected chi connectivity index (χ3v) is 3.65. The van der Waals surface area contributed by atoms with E-state index in [9.17, 15) is 4.39 Å². The van der Waals surface area contributed by atoms with Gasteiger partial charge < -0.3 is 5.73 Å². The highest BCUT2D eigenvalue weighted by atomic mass is 79.9. The molecule has 0 bridgehead atoms. The fourth-order valence-electron chi connectivity index (χ4n) is 1.97. The first-order valence-corrected chi connectivity index (χ1v) is 7.15. The minimum atomic E-state index is -0.221. The molecule has 0 aliphatic rings. The summed E-state index contributed by atoms with van der Waals surface area (Å²) in [6, 6.07) is 12.5. The molecule has 1 nitrogen and oxygen atoms in total. The molecule has 0 heterocycles. The van der Waals surface area contributed by atoms with Crippen molar-refractivity contribution in [1.82, 2.24) is 0 Å². The summed E-state index contributed by atoms with van der Waals surface area (Å²) in [6.45, 7) is 0. The van der Waals surface area contributed by atoms with Crippen LogP contribution in [0.15, 0.2) is 46.9 Å². The van der Waals surface area contributed by atoms with Crippen molar-refractivity contribution in [2.45, 2.75) is 18.9 Å². The molecule has 1 atom stereocenters. The van der Waals surface area contributed by atoms with Gasteiger partial charge in [-0.25, -0.2) is 4.39 Å². The Hall–Kier alpha value is -0.900. The zero-order valence-electron chi connectivity index (χ0n) is 10.2. The highest BCUT2D eigenvalue weighted by Gasteiger charge is 2.09. The standard InChI is InChI=1S/C15H14BrClFN/c16-12-4-3-11(15(18)9-12)8-14(19)7-10-1-5-13(17)6-2-10/h1-6,9,14H,7-8,19H2. The van der Waals surface area contributed by atoms with Gasteiger partial charge in [0.2, 0.25) is 0 Å². The lowest BCUT2D eigenvalue weighted by Gasteiger charge is -2.12. The Morgan fingerprint density at radius 3 is 2.42 bits per heavy atom. The van der Waals surface area contributed by atoms with Gasteiger partial charge in [-0.3, -0.25) is 0 Å². The summed E-state index contributed by atoms with van der Waals surface area (Å²) in [5.74, 6) is -0.221. The molecule has 0 fully saturated rings. The van der Waals surface area contributed by atoms with Crippen LogP contribution in [0.5, 0.6) is 0 Å². The molecule has 1 unspecified atom stereocenters. The number of rotatable bonds is 4. The molecular weight excluding hydrogens is 329 g/mol. The zero-order valence-corrected chi connectivity index (χ0v) is 12.6. The Kier molecular flexibility index (Phi) is 4.97. The van der Waals surface area contributed by atoms with Crippen molar-refractivity contribution in [3.05, 3.63) is 68.9 Å². The molecule has 0 spiro atoms. The maximum absolute atomic E-state index is 13.7. The van der Waals surface area contributed by atoms with Crippen molar-refractivity contribution in [1.29, 1.82) is 0 Å². The fourth-order valence-corrected chi connectivity index (χ4v) is 2.42. The molecule has 0 aromatic heterocycles. The topological polar surface area (TPSA) is 26.0 Å². The van der Waals surface area contributed by atoms with Crippen molar-refractivity contribution >= 4 is 27.5 Å². The van der Waals surface area contributed by atoms with E-state index in [0.717, 1.165) is 10.0 Å². The van der Waals surface area contributed by atoms with Crippen molar-refractivity contribution in [2.75, 3.05) is 0 Å². The van der Waals surface area contributed by atoms with Crippen LogP contribution in [0.3, 0.4) is 0 Å². The molecule has 0 saturated carbocycles. The van der Waals surface area contributed by atoms with Gasteiger partial charge in [-0.2, -0.15) is 0 Å². The quantitative estimate of drug-likeness (QED) is 0.878. The molecule has 2 N–H and O–H groups in total. The molecule has 0 amide bonds. The minimum absolute atomic E-state index is 0.114. The van der Waals surface area contributed by atoms with Crippen LogP contribution in [-0.4, -0.2) is 6.04 Å². The predicted octanol–water partition coefficient (Wildman–Crippen LogP) is 4.35. The molecular formula is C15H14BrClFN. The predicted molar refractivity (Wildman–Crippen MR) is 80.9 cm³/mol. The fraction of sp³-hybridized carbons (Fsp3) is 0.200. The minimum Gasteiger partial charge on any atom is -0.327 e. The Labute approximate surface area is 125 Å². The van der Waals surface area contributed by atoms with Gasteiger partial charge >= 0.3 is 0 Å². The molecule has 0 aliphatic carbocycles. The Balaban J connectivity index is 2.01. The zero-order chi connectivity index (χ0) is 13.8. The van der Waals surface area contributed by atoms with Gasteiger partial charge in [0.25, 0.3) is 0 Å². The van der Waals surface area contributed by atoms with E-state index in [2.05, 4.69) is 15.9 Å². The largest absolute Gasteiger partial charge is 0.327 e. The van der Waals surface area contributed by atoms with Crippen LogP contribution < -0.4 is 5.73 Å². The van der Waals surface area contributed by atoms with Crippen LogP contribution in [0.25, 0.3) is 0 Å². The number of hydrogen-bond donors (Lipinski definition) is 1. The van der Waals surface area contributed by atoms with Crippen LogP contribution in [0, 0.1) is 5.82 Å². The van der Waals surface area contributed by atoms with E-state index < -0.39 is 0 Å². The van der Waals surface area contributed by atoms with E-state index in [1.54, 1.807) is 6.07 Å². The van der Waals surface area contributed by atoms with Crippen molar-refractivity contribution in [2.24, 2.45) is 5.73 Å². The molecule has 19 heavy (non-hydrogen) atoms. The molecule has 2 aromatic rings. The molecule has 4 heteroatoms. The highest BCUT2D eigenvalue weighted by Crippen LogP contribution is 2.17. The summed E-state index contributed by atoms with van der Waals surface area (Å²) in [5, 5.41) is 0.705. The van der Waals surface area contributed by atoms with Crippen molar-refractivity contribution < 1.29 is 4.39 Å². The summed E-state index contributed by atoms with van der Waals surface area (Å²) in [6.07, 6.45) is 1.22. The second kappa shape index (κ2) is 6.51. The normalized spacial score (nSPS) is 12.4. The van der Waals surface area contributed by atoms with Gasteiger partial charge in [0, 0.05) is 15.5 Å². The SMILES string of the molecule is NC(Cc1ccc(Cl)cc1)Cc1ccc(Br)cc1F. The second-order valence-electron chi connectivity index (χ2n) is 4.53. The number of halogens is 3. The monoisotopic (exact) mass is 341 g/mol. The lowest BCUT2D eigenvalue weighted by atomic mass is 9.99. The summed E-state index contributed by atoms with van der Waals surface area (Å²) < 4.78 is 14.4. The van der Waals surface area contributed by atoms with Crippen LogP contribution in [0.2, 0.25) is 5.02 Å².